The minimum absolute atomic E-state index is 0.0970. The second kappa shape index (κ2) is 5.81. The van der Waals surface area contributed by atoms with Crippen LogP contribution in [0.2, 0.25) is 0 Å². The van der Waals surface area contributed by atoms with E-state index in [2.05, 4.69) is 53.3 Å². The Kier molecular flexibility index (Phi) is 4.01. The highest BCUT2D eigenvalue weighted by Crippen LogP contribution is 2.20. The molecular formula is C15H24N6O. The van der Waals surface area contributed by atoms with Crippen LogP contribution in [0.3, 0.4) is 0 Å². The van der Waals surface area contributed by atoms with Crippen LogP contribution in [0.1, 0.15) is 26.6 Å². The first kappa shape index (κ1) is 15.2. The Morgan fingerprint density at radius 1 is 1.32 bits per heavy atom. The molecule has 1 aliphatic rings. The third-order valence-electron chi connectivity index (χ3n) is 3.79. The quantitative estimate of drug-likeness (QED) is 0.918. The van der Waals surface area contributed by atoms with Crippen LogP contribution in [0, 0.1) is 0 Å². The molecule has 0 bridgehead atoms. The normalized spacial score (nSPS) is 20.5. The fourth-order valence-corrected chi connectivity index (χ4v) is 2.56. The van der Waals surface area contributed by atoms with Gasteiger partial charge in [0.05, 0.1) is 12.7 Å². The predicted octanol–water partition coefficient (Wildman–Crippen LogP) is 1.16. The molecule has 0 amide bonds. The first-order valence-corrected chi connectivity index (χ1v) is 7.70. The first-order chi connectivity index (χ1) is 10.4. The van der Waals surface area contributed by atoms with Gasteiger partial charge in [-0.2, -0.15) is 4.52 Å². The van der Waals surface area contributed by atoms with Crippen molar-refractivity contribution in [3.05, 3.63) is 18.0 Å². The van der Waals surface area contributed by atoms with Crippen molar-refractivity contribution in [1.82, 2.24) is 24.7 Å². The zero-order chi connectivity index (χ0) is 15.7. The third kappa shape index (κ3) is 3.20. The standard InChI is InChI=1S/C15H24N6O/c1-15(2,3)14-18-17-13-6-5-12(19-21(13)14)16-9-11-10-20(4)7-8-22-11/h5-6,11H,7-10H2,1-4H3,(H,16,19). The lowest BCUT2D eigenvalue weighted by Crippen LogP contribution is -2.43. The number of morpholine rings is 1. The van der Waals surface area contributed by atoms with E-state index in [-0.39, 0.29) is 11.5 Å². The number of likely N-dealkylation sites (N-methyl/N-ethyl adjacent to an activating group) is 1. The van der Waals surface area contributed by atoms with E-state index in [1.165, 1.54) is 0 Å². The van der Waals surface area contributed by atoms with Gasteiger partial charge in [0, 0.05) is 25.0 Å². The average Bonchev–Trinajstić information content (AvgIpc) is 2.88. The van der Waals surface area contributed by atoms with E-state index < -0.39 is 0 Å². The number of fused-ring (bicyclic) bond motifs is 1. The van der Waals surface area contributed by atoms with Crippen molar-refractivity contribution in [3.8, 4) is 0 Å². The molecule has 0 aromatic carbocycles. The van der Waals surface area contributed by atoms with Crippen LogP contribution in [0.15, 0.2) is 12.1 Å². The predicted molar refractivity (Wildman–Crippen MR) is 85.2 cm³/mol. The van der Waals surface area contributed by atoms with Crippen molar-refractivity contribution in [2.24, 2.45) is 0 Å². The van der Waals surface area contributed by atoms with Crippen LogP contribution in [-0.4, -0.2) is 64.1 Å². The summed E-state index contributed by atoms with van der Waals surface area (Å²) in [6, 6.07) is 3.87. The Morgan fingerprint density at radius 2 is 2.14 bits per heavy atom. The van der Waals surface area contributed by atoms with E-state index in [1.807, 2.05) is 16.6 Å². The molecule has 7 heteroatoms. The van der Waals surface area contributed by atoms with Gasteiger partial charge in [0.15, 0.2) is 11.5 Å². The molecule has 0 aliphatic carbocycles. The summed E-state index contributed by atoms with van der Waals surface area (Å²) in [4.78, 5) is 2.28. The molecule has 0 spiro atoms. The van der Waals surface area contributed by atoms with Crippen molar-refractivity contribution in [3.63, 3.8) is 0 Å². The molecule has 1 N–H and O–H groups in total. The molecule has 3 rings (SSSR count). The van der Waals surface area contributed by atoms with E-state index >= 15 is 0 Å². The number of nitrogens with one attached hydrogen (secondary N) is 1. The van der Waals surface area contributed by atoms with Crippen LogP contribution >= 0.6 is 0 Å². The topological polar surface area (TPSA) is 67.6 Å². The van der Waals surface area contributed by atoms with Crippen molar-refractivity contribution in [1.29, 1.82) is 0 Å². The molecule has 0 saturated carbocycles. The molecule has 2 aromatic rings. The summed E-state index contributed by atoms with van der Waals surface area (Å²) in [5.74, 6) is 1.68. The maximum absolute atomic E-state index is 5.76. The minimum atomic E-state index is -0.0970. The van der Waals surface area contributed by atoms with Crippen LogP contribution in [-0.2, 0) is 10.2 Å². The summed E-state index contributed by atoms with van der Waals surface area (Å²) in [5, 5.41) is 16.4. The van der Waals surface area contributed by atoms with Gasteiger partial charge >= 0.3 is 0 Å². The fourth-order valence-electron chi connectivity index (χ4n) is 2.56. The largest absolute Gasteiger partial charge is 0.374 e. The Hall–Kier alpha value is -1.73. The Morgan fingerprint density at radius 3 is 2.86 bits per heavy atom. The van der Waals surface area contributed by atoms with Gasteiger partial charge in [-0.15, -0.1) is 15.3 Å². The molecule has 22 heavy (non-hydrogen) atoms. The van der Waals surface area contributed by atoms with Crippen LogP contribution < -0.4 is 5.32 Å². The van der Waals surface area contributed by atoms with E-state index in [4.69, 9.17) is 4.74 Å². The minimum Gasteiger partial charge on any atom is -0.374 e. The number of hydrogen-bond acceptors (Lipinski definition) is 6. The number of ether oxygens (including phenoxy) is 1. The molecule has 1 aliphatic heterocycles. The number of nitrogens with zero attached hydrogens (tertiary/aromatic N) is 5. The molecule has 1 saturated heterocycles. The Balaban J connectivity index is 1.74. The summed E-state index contributed by atoms with van der Waals surface area (Å²) in [5.41, 5.74) is 0.671. The highest BCUT2D eigenvalue weighted by Gasteiger charge is 2.22. The molecule has 3 heterocycles. The zero-order valence-corrected chi connectivity index (χ0v) is 13.7. The molecule has 7 nitrogen and oxygen atoms in total. The lowest BCUT2D eigenvalue weighted by atomic mass is 9.96. The summed E-state index contributed by atoms with van der Waals surface area (Å²) in [7, 11) is 2.12. The van der Waals surface area contributed by atoms with Gasteiger partial charge < -0.3 is 15.0 Å². The van der Waals surface area contributed by atoms with E-state index in [9.17, 15) is 0 Å². The van der Waals surface area contributed by atoms with E-state index in [0.717, 1.165) is 43.5 Å². The van der Waals surface area contributed by atoms with Crippen molar-refractivity contribution >= 4 is 11.5 Å². The highest BCUT2D eigenvalue weighted by atomic mass is 16.5. The summed E-state index contributed by atoms with van der Waals surface area (Å²) in [6.07, 6.45) is 0.194. The van der Waals surface area contributed by atoms with Crippen LogP contribution in [0.4, 0.5) is 5.82 Å². The van der Waals surface area contributed by atoms with Crippen LogP contribution in [0.25, 0.3) is 5.65 Å². The van der Waals surface area contributed by atoms with Gasteiger partial charge in [0.2, 0.25) is 0 Å². The second-order valence-electron chi connectivity index (χ2n) is 6.90. The number of aromatic nitrogens is 4. The van der Waals surface area contributed by atoms with Crippen molar-refractivity contribution in [2.75, 3.05) is 38.6 Å². The summed E-state index contributed by atoms with van der Waals surface area (Å²) in [6.45, 7) is 9.79. The monoisotopic (exact) mass is 304 g/mol. The van der Waals surface area contributed by atoms with Crippen LogP contribution in [0.5, 0.6) is 0 Å². The van der Waals surface area contributed by atoms with Gasteiger partial charge in [-0.1, -0.05) is 20.8 Å². The Bertz CT molecular complexity index is 647. The molecule has 0 radical (unpaired) electrons. The Labute approximate surface area is 130 Å². The van der Waals surface area contributed by atoms with Gasteiger partial charge in [0.1, 0.15) is 5.82 Å². The molecule has 2 aromatic heterocycles. The van der Waals surface area contributed by atoms with Gasteiger partial charge in [-0.25, -0.2) is 0 Å². The second-order valence-corrected chi connectivity index (χ2v) is 6.90. The van der Waals surface area contributed by atoms with E-state index in [0.29, 0.717) is 0 Å². The molecule has 120 valence electrons. The molecule has 1 fully saturated rings. The molecule has 1 atom stereocenters. The summed E-state index contributed by atoms with van der Waals surface area (Å²) >= 11 is 0. The summed E-state index contributed by atoms with van der Waals surface area (Å²) < 4.78 is 7.57. The first-order valence-electron chi connectivity index (χ1n) is 7.70. The fraction of sp³-hybridized carbons (Fsp3) is 0.667. The van der Waals surface area contributed by atoms with Gasteiger partial charge in [-0.05, 0) is 19.2 Å². The maximum atomic E-state index is 5.76. The number of anilines is 1. The lowest BCUT2D eigenvalue weighted by molar-refractivity contribution is -0.0117. The highest BCUT2D eigenvalue weighted by molar-refractivity contribution is 5.44. The zero-order valence-electron chi connectivity index (χ0n) is 13.7. The SMILES string of the molecule is CN1CCOC(CNc2ccc3nnc(C(C)(C)C)n3n2)C1. The van der Waals surface area contributed by atoms with Gasteiger partial charge in [-0.3, -0.25) is 0 Å². The number of hydrogen-bond donors (Lipinski definition) is 1. The molecule has 1 unspecified atom stereocenters. The van der Waals surface area contributed by atoms with Crippen molar-refractivity contribution in [2.45, 2.75) is 32.3 Å². The maximum Gasteiger partial charge on any atom is 0.178 e. The van der Waals surface area contributed by atoms with E-state index in [1.54, 1.807) is 0 Å². The lowest BCUT2D eigenvalue weighted by Gasteiger charge is -2.30. The smallest absolute Gasteiger partial charge is 0.178 e. The number of rotatable bonds is 3. The molecular weight excluding hydrogens is 280 g/mol. The van der Waals surface area contributed by atoms with Crippen molar-refractivity contribution < 1.29 is 4.74 Å². The third-order valence-corrected chi connectivity index (χ3v) is 3.79. The average molecular weight is 304 g/mol. The van der Waals surface area contributed by atoms with Gasteiger partial charge in [0.25, 0.3) is 0 Å².